The van der Waals surface area contributed by atoms with Gasteiger partial charge in [0.25, 0.3) is 0 Å². The molecule has 3 heterocycles. The van der Waals surface area contributed by atoms with Crippen molar-refractivity contribution in [3.8, 4) is 39.2 Å². The van der Waals surface area contributed by atoms with Gasteiger partial charge in [-0.1, -0.05) is 86.6 Å². The molecular weight excluding hydrogens is 583 g/mol. The third-order valence-corrected chi connectivity index (χ3v) is 10.4. The maximum atomic E-state index is 4.78. The van der Waals surface area contributed by atoms with Crippen LogP contribution in [0.25, 0.3) is 82.5 Å². The number of rotatable bonds is 3. The van der Waals surface area contributed by atoms with Crippen LogP contribution in [0.15, 0.2) is 152 Å². The van der Waals surface area contributed by atoms with Gasteiger partial charge in [-0.05, 0) is 104 Å². The van der Waals surface area contributed by atoms with Gasteiger partial charge in [0.2, 0.25) is 0 Å². The van der Waals surface area contributed by atoms with Crippen molar-refractivity contribution in [2.75, 3.05) is 0 Å². The highest BCUT2D eigenvalue weighted by Crippen LogP contribution is 2.54. The average molecular weight is 614 g/mol. The zero-order chi connectivity index (χ0) is 32.0. The summed E-state index contributed by atoms with van der Waals surface area (Å²) in [7, 11) is 0. The fourth-order valence-corrected chi connectivity index (χ4v) is 8.08. The maximum Gasteiger partial charge on any atom is 0.0702 e. The molecule has 9 aromatic rings. The molecule has 6 aromatic carbocycles. The summed E-state index contributed by atoms with van der Waals surface area (Å²) in [6.07, 6.45) is 5.65. The van der Waals surface area contributed by atoms with Crippen molar-refractivity contribution in [3.63, 3.8) is 0 Å². The molecule has 0 unspecified atom stereocenters. The lowest BCUT2D eigenvalue weighted by Gasteiger charge is -2.22. The van der Waals surface area contributed by atoms with Crippen LogP contribution in [0.2, 0.25) is 0 Å². The number of pyridine rings is 2. The number of benzene rings is 6. The Morgan fingerprint density at radius 2 is 1.27 bits per heavy atom. The van der Waals surface area contributed by atoms with Crippen LogP contribution in [0.3, 0.4) is 0 Å². The van der Waals surface area contributed by atoms with Crippen LogP contribution in [0, 0.1) is 0 Å². The highest BCUT2D eigenvalue weighted by atomic mass is 15.0. The number of fused-ring (bicyclic) bond motifs is 9. The molecule has 0 fully saturated rings. The predicted octanol–water partition coefficient (Wildman–Crippen LogP) is 11.5. The van der Waals surface area contributed by atoms with E-state index in [1.54, 1.807) is 0 Å². The van der Waals surface area contributed by atoms with Crippen molar-refractivity contribution in [3.05, 3.63) is 163 Å². The van der Waals surface area contributed by atoms with Gasteiger partial charge in [0.05, 0.1) is 16.7 Å². The minimum atomic E-state index is -0.147. The topological polar surface area (TPSA) is 30.7 Å². The van der Waals surface area contributed by atoms with Crippen LogP contribution in [0.1, 0.15) is 25.0 Å². The lowest BCUT2D eigenvalue weighted by Crippen LogP contribution is -2.14. The van der Waals surface area contributed by atoms with E-state index in [0.717, 1.165) is 28.1 Å². The Bertz CT molecular complexity index is 2680. The fraction of sp³-hybridized carbons (Fsp3) is 0.0667. The lowest BCUT2D eigenvalue weighted by molar-refractivity contribution is 0.661. The van der Waals surface area contributed by atoms with Crippen molar-refractivity contribution in [2.24, 2.45) is 0 Å². The van der Waals surface area contributed by atoms with Crippen molar-refractivity contribution in [1.29, 1.82) is 0 Å². The van der Waals surface area contributed by atoms with Gasteiger partial charge >= 0.3 is 0 Å². The fourth-order valence-electron chi connectivity index (χ4n) is 8.08. The quantitative estimate of drug-likeness (QED) is 0.198. The summed E-state index contributed by atoms with van der Waals surface area (Å²) >= 11 is 0. The molecular formula is C45H31N3. The Balaban J connectivity index is 1.39. The molecule has 0 saturated carbocycles. The van der Waals surface area contributed by atoms with Crippen molar-refractivity contribution >= 4 is 43.4 Å². The molecule has 0 atom stereocenters. The molecule has 0 radical (unpaired) electrons. The van der Waals surface area contributed by atoms with Gasteiger partial charge in [-0.3, -0.25) is 9.97 Å². The Morgan fingerprint density at radius 3 is 2.02 bits per heavy atom. The summed E-state index contributed by atoms with van der Waals surface area (Å²) < 4.78 is 2.52. The molecule has 48 heavy (non-hydrogen) atoms. The molecule has 0 aliphatic heterocycles. The normalized spacial score (nSPS) is 13.4. The van der Waals surface area contributed by atoms with Gasteiger partial charge < -0.3 is 4.57 Å². The van der Waals surface area contributed by atoms with E-state index < -0.39 is 0 Å². The average Bonchev–Trinajstić information content (AvgIpc) is 3.57. The first-order valence-corrected chi connectivity index (χ1v) is 16.6. The van der Waals surface area contributed by atoms with Crippen molar-refractivity contribution < 1.29 is 0 Å². The first kappa shape index (κ1) is 27.1. The number of nitrogens with zero attached hydrogens (tertiary/aromatic N) is 3. The molecule has 1 aliphatic rings. The molecule has 3 aromatic heterocycles. The number of hydrogen-bond acceptors (Lipinski definition) is 2. The summed E-state index contributed by atoms with van der Waals surface area (Å²) in [5.74, 6) is 0. The van der Waals surface area contributed by atoms with Crippen LogP contribution < -0.4 is 0 Å². The van der Waals surface area contributed by atoms with Crippen LogP contribution in [-0.2, 0) is 5.41 Å². The summed E-state index contributed by atoms with van der Waals surface area (Å²) in [5.41, 5.74) is 13.0. The molecule has 3 nitrogen and oxygen atoms in total. The van der Waals surface area contributed by atoms with Crippen LogP contribution in [-0.4, -0.2) is 14.5 Å². The SMILES string of the molecule is CC1(C)c2cc3ccccc3cc2-c2c1ccc1c3cc4ccccc4cc3n(-c3cc(-c4cccnc4)cc(-c4ccccn4)c3)c21. The first-order valence-electron chi connectivity index (χ1n) is 16.6. The third-order valence-electron chi connectivity index (χ3n) is 10.4. The second-order valence-electron chi connectivity index (χ2n) is 13.5. The second kappa shape index (κ2) is 9.97. The van der Waals surface area contributed by atoms with Crippen LogP contribution in [0.5, 0.6) is 0 Å². The van der Waals surface area contributed by atoms with E-state index in [1.807, 2.05) is 30.7 Å². The van der Waals surface area contributed by atoms with E-state index >= 15 is 0 Å². The molecule has 10 rings (SSSR count). The van der Waals surface area contributed by atoms with Gasteiger partial charge in [0.1, 0.15) is 0 Å². The summed E-state index contributed by atoms with van der Waals surface area (Å²) in [5, 5.41) is 7.54. The Labute approximate surface area is 278 Å². The van der Waals surface area contributed by atoms with E-state index in [4.69, 9.17) is 4.98 Å². The molecule has 1 aliphatic carbocycles. The van der Waals surface area contributed by atoms with Crippen molar-refractivity contribution in [2.45, 2.75) is 19.3 Å². The standard InChI is InChI=1S/C45H31N3/c1-45(2)39-17-16-36-37-23-28-10-4-6-13-31(28)26-42(37)48(44(36)43(39)38-24-29-11-3-5-12-30(29)25-40(38)45)35-21-33(32-14-9-18-46-27-32)20-34(22-35)41-15-7-8-19-47-41/h3-27H,1-2H3. The predicted molar refractivity (Wildman–Crippen MR) is 200 cm³/mol. The smallest absolute Gasteiger partial charge is 0.0702 e. The lowest BCUT2D eigenvalue weighted by atomic mass is 9.81. The van der Waals surface area contributed by atoms with Gasteiger partial charge in [-0.25, -0.2) is 0 Å². The zero-order valence-corrected chi connectivity index (χ0v) is 26.8. The second-order valence-corrected chi connectivity index (χ2v) is 13.5. The third kappa shape index (κ3) is 3.88. The minimum Gasteiger partial charge on any atom is -0.309 e. The number of hydrogen-bond donors (Lipinski definition) is 0. The molecule has 226 valence electrons. The van der Waals surface area contributed by atoms with Gasteiger partial charge in [0, 0.05) is 57.2 Å². The molecule has 3 heteroatoms. The van der Waals surface area contributed by atoms with E-state index in [1.165, 1.54) is 65.6 Å². The van der Waals surface area contributed by atoms with Crippen LogP contribution >= 0.6 is 0 Å². The summed E-state index contributed by atoms with van der Waals surface area (Å²) in [6.45, 7) is 4.75. The van der Waals surface area contributed by atoms with E-state index in [-0.39, 0.29) is 5.41 Å². The first-order chi connectivity index (χ1) is 23.5. The highest BCUT2D eigenvalue weighted by Gasteiger charge is 2.38. The molecule has 0 amide bonds. The largest absolute Gasteiger partial charge is 0.309 e. The highest BCUT2D eigenvalue weighted by molar-refractivity contribution is 6.18. The Hall–Kier alpha value is -6.06. The minimum absolute atomic E-state index is 0.147. The molecule has 0 spiro atoms. The van der Waals surface area contributed by atoms with E-state index in [2.05, 4.69) is 145 Å². The molecule has 0 saturated heterocycles. The monoisotopic (exact) mass is 613 g/mol. The number of aromatic nitrogens is 3. The van der Waals surface area contributed by atoms with E-state index in [0.29, 0.717) is 0 Å². The van der Waals surface area contributed by atoms with Gasteiger partial charge in [0.15, 0.2) is 0 Å². The zero-order valence-electron chi connectivity index (χ0n) is 26.8. The van der Waals surface area contributed by atoms with E-state index in [9.17, 15) is 0 Å². The maximum absolute atomic E-state index is 4.78. The molecule has 0 N–H and O–H groups in total. The Morgan fingerprint density at radius 1 is 0.542 bits per heavy atom. The van der Waals surface area contributed by atoms with Gasteiger partial charge in [-0.2, -0.15) is 0 Å². The summed E-state index contributed by atoms with van der Waals surface area (Å²) in [6, 6.07) is 48.9. The summed E-state index contributed by atoms with van der Waals surface area (Å²) in [4.78, 5) is 9.26. The van der Waals surface area contributed by atoms with Gasteiger partial charge in [-0.15, -0.1) is 0 Å². The van der Waals surface area contributed by atoms with Crippen LogP contribution in [0.4, 0.5) is 0 Å². The Kier molecular flexibility index (Phi) is 5.63. The molecule has 0 bridgehead atoms. The van der Waals surface area contributed by atoms with Crippen molar-refractivity contribution in [1.82, 2.24) is 14.5 Å².